The van der Waals surface area contributed by atoms with Gasteiger partial charge in [-0.2, -0.15) is 0 Å². The smallest absolute Gasteiger partial charge is 0.267 e. The Balaban J connectivity index is 1.80. The van der Waals surface area contributed by atoms with Crippen LogP contribution in [0.25, 0.3) is 16.6 Å². The van der Waals surface area contributed by atoms with Crippen LogP contribution in [0.2, 0.25) is 0 Å². The molecule has 0 saturated carbocycles. The Kier molecular flexibility index (Phi) is 4.72. The molecule has 2 heterocycles. The van der Waals surface area contributed by atoms with Gasteiger partial charge in [0, 0.05) is 6.20 Å². The Morgan fingerprint density at radius 2 is 1.70 bits per heavy atom. The lowest BCUT2D eigenvalue weighted by Crippen LogP contribution is -2.23. The van der Waals surface area contributed by atoms with Crippen molar-refractivity contribution in [2.75, 3.05) is 11.5 Å². The molecule has 4 rings (SSSR count). The van der Waals surface area contributed by atoms with Crippen LogP contribution < -0.4 is 22.2 Å². The van der Waals surface area contributed by atoms with E-state index >= 15 is 0 Å². The number of nitrogens with zero attached hydrogens (tertiary/aromatic N) is 3. The third-order valence-corrected chi connectivity index (χ3v) is 5.57. The summed E-state index contributed by atoms with van der Waals surface area (Å²) in [4.78, 5) is 21.1. The lowest BCUT2D eigenvalue weighted by atomic mass is 10.0. The van der Waals surface area contributed by atoms with Gasteiger partial charge < -0.3 is 11.5 Å². The number of pyridine rings is 1. The number of rotatable bonds is 4. The number of nitrogen functional groups attached to an aromatic ring is 2. The van der Waals surface area contributed by atoms with E-state index in [1.807, 2.05) is 6.07 Å². The van der Waals surface area contributed by atoms with Gasteiger partial charge in [-0.15, -0.1) is 0 Å². The van der Waals surface area contributed by atoms with E-state index in [1.165, 1.54) is 16.8 Å². The van der Waals surface area contributed by atoms with Crippen molar-refractivity contribution in [3.63, 3.8) is 0 Å². The Hall–Kier alpha value is -3.76. The summed E-state index contributed by atoms with van der Waals surface area (Å²) in [6.45, 7) is 0. The number of hydrogen-bond donors (Lipinski definition) is 3. The molecular weight excluding hydrogens is 404 g/mol. The molecule has 2 aromatic heterocycles. The highest BCUT2D eigenvalue weighted by Crippen LogP contribution is 2.20. The first-order chi connectivity index (χ1) is 14.2. The molecule has 10 heteroatoms. The molecule has 9 nitrogen and oxygen atoms in total. The highest BCUT2D eigenvalue weighted by molar-refractivity contribution is 7.89. The monoisotopic (exact) mass is 422 g/mol. The minimum absolute atomic E-state index is 0.0898. The number of benzene rings is 2. The van der Waals surface area contributed by atoms with Crippen molar-refractivity contribution in [3.05, 3.63) is 82.3 Å². The lowest BCUT2D eigenvalue weighted by Gasteiger charge is -2.11. The summed E-state index contributed by atoms with van der Waals surface area (Å²) < 4.78 is 24.7. The fourth-order valence-electron chi connectivity index (χ4n) is 3.24. The Morgan fingerprint density at radius 3 is 2.40 bits per heavy atom. The largest absolute Gasteiger partial charge is 0.383 e. The zero-order valence-corrected chi connectivity index (χ0v) is 16.5. The van der Waals surface area contributed by atoms with E-state index < -0.39 is 10.0 Å². The zero-order valence-electron chi connectivity index (χ0n) is 15.7. The molecule has 2 aromatic carbocycles. The third-order valence-electron chi connectivity index (χ3n) is 4.63. The van der Waals surface area contributed by atoms with Gasteiger partial charge in [0.2, 0.25) is 16.0 Å². The maximum Gasteiger partial charge on any atom is 0.267 e. The average Bonchev–Trinajstić information content (AvgIpc) is 2.70. The fourth-order valence-corrected chi connectivity index (χ4v) is 3.90. The molecule has 0 atom stereocenters. The van der Waals surface area contributed by atoms with E-state index in [4.69, 9.17) is 16.6 Å². The van der Waals surface area contributed by atoms with Crippen LogP contribution in [0.15, 0.2) is 70.5 Å². The molecule has 0 saturated heterocycles. The van der Waals surface area contributed by atoms with E-state index in [0.29, 0.717) is 28.6 Å². The molecule has 0 spiro atoms. The molecule has 0 radical (unpaired) electrons. The molecule has 6 N–H and O–H groups in total. The van der Waals surface area contributed by atoms with E-state index in [2.05, 4.69) is 9.97 Å². The zero-order chi connectivity index (χ0) is 21.5. The number of aromatic nitrogens is 3. The van der Waals surface area contributed by atoms with Crippen LogP contribution >= 0.6 is 0 Å². The van der Waals surface area contributed by atoms with Crippen LogP contribution in [-0.4, -0.2) is 23.0 Å². The minimum Gasteiger partial charge on any atom is -0.383 e. The normalized spacial score (nSPS) is 11.6. The van der Waals surface area contributed by atoms with Gasteiger partial charge >= 0.3 is 0 Å². The van der Waals surface area contributed by atoms with Gasteiger partial charge in [0.25, 0.3) is 5.56 Å². The average molecular weight is 422 g/mol. The second kappa shape index (κ2) is 7.25. The molecule has 0 aliphatic rings. The van der Waals surface area contributed by atoms with Gasteiger partial charge in [-0.25, -0.2) is 28.1 Å². The van der Waals surface area contributed by atoms with Crippen molar-refractivity contribution >= 4 is 32.7 Å². The fraction of sp³-hybridized carbons (Fsp3) is 0.0500. The van der Waals surface area contributed by atoms with Gasteiger partial charge in [-0.05, 0) is 47.9 Å². The molecule has 0 aliphatic heterocycles. The lowest BCUT2D eigenvalue weighted by molar-refractivity contribution is 0.597. The molecule has 0 unspecified atom stereocenters. The van der Waals surface area contributed by atoms with E-state index in [0.717, 1.165) is 5.56 Å². The molecule has 0 fully saturated rings. The summed E-state index contributed by atoms with van der Waals surface area (Å²) in [5, 5.41) is 5.58. The van der Waals surface area contributed by atoms with E-state index in [-0.39, 0.29) is 22.2 Å². The van der Waals surface area contributed by atoms with Crippen molar-refractivity contribution < 1.29 is 8.42 Å². The number of anilines is 2. The SMILES string of the molecule is Nc1ncc(Cc2ccc3nc(N)n(-c4ccccc4)c(=O)c3c2)cc1S(N)(=O)=O. The molecule has 152 valence electrons. The van der Waals surface area contributed by atoms with Crippen LogP contribution in [0.5, 0.6) is 0 Å². The summed E-state index contributed by atoms with van der Waals surface area (Å²) in [6.07, 6.45) is 1.79. The molecule has 0 bridgehead atoms. The maximum atomic E-state index is 13.1. The van der Waals surface area contributed by atoms with Crippen molar-refractivity contribution in [2.45, 2.75) is 11.3 Å². The van der Waals surface area contributed by atoms with Crippen molar-refractivity contribution in [2.24, 2.45) is 5.14 Å². The van der Waals surface area contributed by atoms with Crippen molar-refractivity contribution in [1.82, 2.24) is 14.5 Å². The summed E-state index contributed by atoms with van der Waals surface area (Å²) >= 11 is 0. The number of primary sulfonamides is 1. The number of nitrogens with two attached hydrogens (primary N) is 3. The first-order valence-electron chi connectivity index (χ1n) is 8.88. The number of para-hydroxylation sites is 1. The first kappa shape index (κ1) is 19.6. The first-order valence-corrected chi connectivity index (χ1v) is 10.4. The van der Waals surface area contributed by atoms with Gasteiger partial charge in [-0.1, -0.05) is 24.3 Å². The molecule has 0 aliphatic carbocycles. The molecular formula is C20H18N6O3S. The second-order valence-electron chi connectivity index (χ2n) is 6.75. The van der Waals surface area contributed by atoms with Gasteiger partial charge in [-0.3, -0.25) is 4.79 Å². The van der Waals surface area contributed by atoms with Crippen molar-refractivity contribution in [1.29, 1.82) is 0 Å². The van der Waals surface area contributed by atoms with Crippen LogP contribution in [0.3, 0.4) is 0 Å². The predicted molar refractivity (Wildman–Crippen MR) is 115 cm³/mol. The summed E-state index contributed by atoms with van der Waals surface area (Å²) in [5.41, 5.74) is 13.8. The van der Waals surface area contributed by atoms with Gasteiger partial charge in [0.1, 0.15) is 10.7 Å². The van der Waals surface area contributed by atoms with Crippen molar-refractivity contribution in [3.8, 4) is 5.69 Å². The predicted octanol–water partition coefficient (Wildman–Crippen LogP) is 1.18. The van der Waals surface area contributed by atoms with E-state index in [1.54, 1.807) is 42.5 Å². The topological polar surface area (TPSA) is 160 Å². The highest BCUT2D eigenvalue weighted by Gasteiger charge is 2.15. The summed E-state index contributed by atoms with van der Waals surface area (Å²) in [5.74, 6) is -0.0721. The Labute approximate surface area is 171 Å². The van der Waals surface area contributed by atoms with Crippen LogP contribution in [0.4, 0.5) is 11.8 Å². The summed E-state index contributed by atoms with van der Waals surface area (Å²) in [6, 6.07) is 15.6. The molecule has 30 heavy (non-hydrogen) atoms. The standard InChI is InChI=1S/C20H18N6O3S/c21-18-17(30(23,28)29)10-13(11-24-18)8-12-6-7-16-15(9-12)19(27)26(20(22)25-16)14-4-2-1-3-5-14/h1-7,9-11H,8H2,(H2,21,24)(H2,22,25)(H2,23,28,29). The maximum absolute atomic E-state index is 13.1. The van der Waals surface area contributed by atoms with Crippen LogP contribution in [0, 0.1) is 0 Å². The third kappa shape index (κ3) is 3.61. The van der Waals surface area contributed by atoms with Crippen LogP contribution in [0.1, 0.15) is 11.1 Å². The number of fused-ring (bicyclic) bond motifs is 1. The van der Waals surface area contributed by atoms with E-state index in [9.17, 15) is 13.2 Å². The summed E-state index contributed by atoms with van der Waals surface area (Å²) in [7, 11) is -4.00. The quantitative estimate of drug-likeness (QED) is 0.445. The molecule has 4 aromatic rings. The van der Waals surface area contributed by atoms with Gasteiger partial charge in [0.05, 0.1) is 16.6 Å². The van der Waals surface area contributed by atoms with Gasteiger partial charge in [0.15, 0.2) is 0 Å². The Bertz CT molecular complexity index is 1430. The Morgan fingerprint density at radius 1 is 0.967 bits per heavy atom. The van der Waals surface area contributed by atoms with Crippen LogP contribution in [-0.2, 0) is 16.4 Å². The number of sulfonamides is 1. The minimum atomic E-state index is -4.00. The highest BCUT2D eigenvalue weighted by atomic mass is 32.2. The molecule has 0 amide bonds. The number of hydrogen-bond acceptors (Lipinski definition) is 7. The second-order valence-corrected chi connectivity index (χ2v) is 8.28.